The number of methoxy groups -OCH3 is 4. The Balaban J connectivity index is 1.50. The van der Waals surface area contributed by atoms with Crippen LogP contribution < -0.4 is 23.7 Å². The van der Waals surface area contributed by atoms with E-state index in [1.807, 2.05) is 42.5 Å². The average molecular weight is 499 g/mol. The van der Waals surface area contributed by atoms with E-state index in [0.29, 0.717) is 17.2 Å². The molecule has 0 saturated heterocycles. The van der Waals surface area contributed by atoms with Crippen molar-refractivity contribution in [1.82, 2.24) is 0 Å². The van der Waals surface area contributed by atoms with Gasteiger partial charge >= 0.3 is 0 Å². The van der Waals surface area contributed by atoms with Gasteiger partial charge in [-0.05, 0) is 78.3 Å². The first-order valence-corrected chi connectivity index (χ1v) is 12.4. The predicted molar refractivity (Wildman–Crippen MR) is 147 cm³/mol. The number of rotatable bonds is 12. The molecule has 4 aromatic carbocycles. The molecular formula is C32H34O5. The van der Waals surface area contributed by atoms with Crippen LogP contribution in [0.25, 0.3) is 0 Å². The zero-order valence-corrected chi connectivity index (χ0v) is 22.0. The zero-order valence-electron chi connectivity index (χ0n) is 22.0. The van der Waals surface area contributed by atoms with Crippen LogP contribution in [-0.2, 0) is 25.7 Å². The minimum absolute atomic E-state index is 0.601. The van der Waals surface area contributed by atoms with Gasteiger partial charge in [0.25, 0.3) is 0 Å². The fourth-order valence-electron chi connectivity index (χ4n) is 4.41. The van der Waals surface area contributed by atoms with Crippen molar-refractivity contribution in [3.63, 3.8) is 0 Å². The van der Waals surface area contributed by atoms with E-state index in [9.17, 15) is 0 Å². The van der Waals surface area contributed by atoms with Crippen molar-refractivity contribution in [2.24, 2.45) is 0 Å². The highest BCUT2D eigenvalue weighted by Gasteiger charge is 2.14. The summed E-state index contributed by atoms with van der Waals surface area (Å²) in [6.45, 7) is 0. The first-order chi connectivity index (χ1) is 18.1. The highest BCUT2D eigenvalue weighted by molar-refractivity contribution is 5.54. The van der Waals surface area contributed by atoms with Crippen molar-refractivity contribution in [2.75, 3.05) is 28.4 Å². The van der Waals surface area contributed by atoms with Crippen molar-refractivity contribution >= 4 is 0 Å². The van der Waals surface area contributed by atoms with Gasteiger partial charge in [0, 0.05) is 0 Å². The number of hydrogen-bond acceptors (Lipinski definition) is 5. The molecule has 4 rings (SSSR count). The van der Waals surface area contributed by atoms with Crippen molar-refractivity contribution in [2.45, 2.75) is 25.7 Å². The summed E-state index contributed by atoms with van der Waals surface area (Å²) < 4.78 is 28.5. The lowest BCUT2D eigenvalue weighted by Gasteiger charge is -2.16. The van der Waals surface area contributed by atoms with Gasteiger partial charge in [0.2, 0.25) is 5.75 Å². The molecule has 4 aromatic rings. The van der Waals surface area contributed by atoms with Crippen LogP contribution in [0.2, 0.25) is 0 Å². The number of para-hydroxylation sites is 1. The van der Waals surface area contributed by atoms with Crippen molar-refractivity contribution in [3.05, 3.63) is 107 Å². The van der Waals surface area contributed by atoms with Crippen LogP contribution >= 0.6 is 0 Å². The Morgan fingerprint density at radius 2 is 1.08 bits per heavy atom. The van der Waals surface area contributed by atoms with E-state index in [0.717, 1.165) is 54.1 Å². The lowest BCUT2D eigenvalue weighted by Crippen LogP contribution is -1.99. The number of ether oxygens (including phenoxy) is 5. The number of benzene rings is 4. The van der Waals surface area contributed by atoms with E-state index < -0.39 is 0 Å². The largest absolute Gasteiger partial charge is 0.493 e. The van der Waals surface area contributed by atoms with Gasteiger partial charge in [-0.15, -0.1) is 0 Å². The van der Waals surface area contributed by atoms with E-state index in [4.69, 9.17) is 23.7 Å². The zero-order chi connectivity index (χ0) is 26.0. The Kier molecular flexibility index (Phi) is 8.93. The highest BCUT2D eigenvalue weighted by Crippen LogP contribution is 2.39. The maximum Gasteiger partial charge on any atom is 0.203 e. The molecule has 0 aliphatic heterocycles. The van der Waals surface area contributed by atoms with Gasteiger partial charge < -0.3 is 23.7 Å². The van der Waals surface area contributed by atoms with Crippen LogP contribution in [0.15, 0.2) is 84.9 Å². The number of hydrogen-bond donors (Lipinski definition) is 0. The third-order valence-corrected chi connectivity index (χ3v) is 6.35. The second kappa shape index (κ2) is 12.7. The second-order valence-electron chi connectivity index (χ2n) is 8.72. The molecule has 5 nitrogen and oxygen atoms in total. The summed E-state index contributed by atoms with van der Waals surface area (Å²) in [5.74, 6) is 4.20. The van der Waals surface area contributed by atoms with Gasteiger partial charge in [-0.3, -0.25) is 0 Å². The van der Waals surface area contributed by atoms with E-state index in [2.05, 4.69) is 42.5 Å². The molecule has 0 unspecified atom stereocenters. The van der Waals surface area contributed by atoms with E-state index in [-0.39, 0.29) is 0 Å². The molecule has 5 heteroatoms. The molecular weight excluding hydrogens is 464 g/mol. The van der Waals surface area contributed by atoms with Crippen LogP contribution in [-0.4, -0.2) is 28.4 Å². The second-order valence-corrected chi connectivity index (χ2v) is 8.72. The molecule has 0 radical (unpaired) electrons. The van der Waals surface area contributed by atoms with E-state index >= 15 is 0 Å². The molecule has 192 valence electrons. The van der Waals surface area contributed by atoms with Gasteiger partial charge in [0.15, 0.2) is 23.0 Å². The predicted octanol–water partition coefficient (Wildman–Crippen LogP) is 7.08. The van der Waals surface area contributed by atoms with Gasteiger partial charge in [0.1, 0.15) is 5.75 Å². The monoisotopic (exact) mass is 498 g/mol. The average Bonchev–Trinajstić information content (AvgIpc) is 2.95. The maximum atomic E-state index is 6.43. The van der Waals surface area contributed by atoms with Crippen LogP contribution in [0.4, 0.5) is 0 Å². The highest BCUT2D eigenvalue weighted by atomic mass is 16.5. The van der Waals surface area contributed by atoms with E-state index in [1.165, 1.54) is 11.1 Å². The molecule has 0 aliphatic rings. The maximum absolute atomic E-state index is 6.43. The third kappa shape index (κ3) is 6.56. The van der Waals surface area contributed by atoms with Crippen molar-refractivity contribution < 1.29 is 23.7 Å². The topological polar surface area (TPSA) is 46.2 Å². The van der Waals surface area contributed by atoms with Gasteiger partial charge in [-0.1, -0.05) is 54.6 Å². The standard InChI is InChI=1S/C32H34O5/c1-33-28-15-9-13-26(19-18-23-10-6-5-7-11-23)31(28)37-27-14-8-12-24(20-27)16-17-25-21-29(34-2)32(36-4)30(22-25)35-3/h5-15,20-22H,16-19H2,1-4H3. The number of aryl methyl sites for hydroxylation is 4. The molecule has 0 saturated carbocycles. The smallest absolute Gasteiger partial charge is 0.203 e. The molecule has 0 heterocycles. The summed E-state index contributed by atoms with van der Waals surface area (Å²) in [5, 5.41) is 0. The lowest BCUT2D eigenvalue weighted by atomic mass is 10.0. The summed E-state index contributed by atoms with van der Waals surface area (Å²) in [5.41, 5.74) is 4.69. The summed E-state index contributed by atoms with van der Waals surface area (Å²) in [6.07, 6.45) is 3.44. The fourth-order valence-corrected chi connectivity index (χ4v) is 4.41. The molecule has 0 bridgehead atoms. The lowest BCUT2D eigenvalue weighted by molar-refractivity contribution is 0.324. The molecule has 0 amide bonds. The van der Waals surface area contributed by atoms with Crippen LogP contribution in [0.5, 0.6) is 34.5 Å². The Hall–Kier alpha value is -4.12. The summed E-state index contributed by atoms with van der Waals surface area (Å²) in [6, 6.07) is 28.7. The molecule has 0 fully saturated rings. The Morgan fingerprint density at radius 1 is 0.459 bits per heavy atom. The van der Waals surface area contributed by atoms with Crippen LogP contribution in [0, 0.1) is 0 Å². The Morgan fingerprint density at radius 3 is 1.76 bits per heavy atom. The summed E-state index contributed by atoms with van der Waals surface area (Å²) >= 11 is 0. The van der Waals surface area contributed by atoms with Crippen molar-refractivity contribution in [3.8, 4) is 34.5 Å². The normalized spacial score (nSPS) is 10.6. The fraction of sp³-hybridized carbons (Fsp3) is 0.250. The molecule has 0 N–H and O–H groups in total. The van der Waals surface area contributed by atoms with Gasteiger partial charge in [-0.25, -0.2) is 0 Å². The minimum atomic E-state index is 0.601. The Bertz CT molecular complexity index is 1270. The van der Waals surface area contributed by atoms with Crippen molar-refractivity contribution in [1.29, 1.82) is 0 Å². The first-order valence-electron chi connectivity index (χ1n) is 12.4. The summed E-state index contributed by atoms with van der Waals surface area (Å²) in [7, 11) is 6.55. The van der Waals surface area contributed by atoms with Crippen LogP contribution in [0.3, 0.4) is 0 Å². The molecule has 37 heavy (non-hydrogen) atoms. The molecule has 0 atom stereocenters. The third-order valence-electron chi connectivity index (χ3n) is 6.35. The van der Waals surface area contributed by atoms with Gasteiger partial charge in [-0.2, -0.15) is 0 Å². The van der Waals surface area contributed by atoms with Gasteiger partial charge in [0.05, 0.1) is 28.4 Å². The molecule has 0 aliphatic carbocycles. The SMILES string of the molecule is COc1cccc(CCc2ccccc2)c1Oc1cccc(CCc2cc(OC)c(OC)c(OC)c2)c1. The molecule has 0 aromatic heterocycles. The van der Waals surface area contributed by atoms with Crippen LogP contribution in [0.1, 0.15) is 22.3 Å². The Labute approximate surface area is 219 Å². The van der Waals surface area contributed by atoms with E-state index in [1.54, 1.807) is 28.4 Å². The first kappa shape index (κ1) is 26.0. The quantitative estimate of drug-likeness (QED) is 0.209. The minimum Gasteiger partial charge on any atom is -0.493 e. The summed E-state index contributed by atoms with van der Waals surface area (Å²) in [4.78, 5) is 0. The molecule has 0 spiro atoms.